The van der Waals surface area contributed by atoms with Crippen LogP contribution < -0.4 is 10.6 Å². The standard InChI is InChI=1S/C15H15BrN2O/c1-10-3-6-12(7-4-10)18(2)15(19)13-9-11(17)5-8-14(13)16/h3-9H,17H2,1-2H3. The van der Waals surface area contributed by atoms with Gasteiger partial charge in [0.05, 0.1) is 5.56 Å². The lowest BCUT2D eigenvalue weighted by molar-refractivity contribution is 0.0992. The number of carbonyl (C=O) groups excluding carboxylic acids is 1. The molecule has 98 valence electrons. The lowest BCUT2D eigenvalue weighted by atomic mass is 10.1. The zero-order valence-electron chi connectivity index (χ0n) is 10.9. The van der Waals surface area contributed by atoms with Gasteiger partial charge < -0.3 is 10.6 Å². The molecule has 0 fully saturated rings. The first kappa shape index (κ1) is 13.6. The maximum atomic E-state index is 12.4. The molecule has 1 amide bonds. The summed E-state index contributed by atoms with van der Waals surface area (Å²) in [5.74, 6) is -0.0944. The average Bonchev–Trinajstić information content (AvgIpc) is 2.41. The molecule has 19 heavy (non-hydrogen) atoms. The van der Waals surface area contributed by atoms with Crippen LogP contribution in [0.5, 0.6) is 0 Å². The third kappa shape index (κ3) is 2.96. The molecule has 0 aliphatic carbocycles. The van der Waals surface area contributed by atoms with Crippen LogP contribution in [-0.4, -0.2) is 13.0 Å². The molecule has 0 aromatic heterocycles. The Morgan fingerprint density at radius 2 is 1.79 bits per heavy atom. The van der Waals surface area contributed by atoms with Crippen LogP contribution in [0.1, 0.15) is 15.9 Å². The first-order valence-electron chi connectivity index (χ1n) is 5.89. The fourth-order valence-electron chi connectivity index (χ4n) is 1.77. The molecule has 2 aromatic carbocycles. The summed E-state index contributed by atoms with van der Waals surface area (Å²) in [6.45, 7) is 2.01. The van der Waals surface area contributed by atoms with E-state index in [2.05, 4.69) is 15.9 Å². The highest BCUT2D eigenvalue weighted by molar-refractivity contribution is 9.10. The lowest BCUT2D eigenvalue weighted by Crippen LogP contribution is -2.26. The first-order chi connectivity index (χ1) is 8.99. The molecule has 0 bridgehead atoms. The van der Waals surface area contributed by atoms with Crippen LogP contribution in [0.15, 0.2) is 46.9 Å². The number of rotatable bonds is 2. The Morgan fingerprint density at radius 1 is 1.16 bits per heavy atom. The molecule has 0 aliphatic rings. The van der Waals surface area contributed by atoms with Crippen molar-refractivity contribution >= 4 is 33.2 Å². The van der Waals surface area contributed by atoms with Gasteiger partial charge in [-0.25, -0.2) is 0 Å². The summed E-state index contributed by atoms with van der Waals surface area (Å²) in [6.07, 6.45) is 0. The average molecular weight is 319 g/mol. The van der Waals surface area contributed by atoms with Crippen molar-refractivity contribution < 1.29 is 4.79 Å². The smallest absolute Gasteiger partial charge is 0.259 e. The molecule has 0 saturated heterocycles. The van der Waals surface area contributed by atoms with Crippen molar-refractivity contribution in [1.29, 1.82) is 0 Å². The molecule has 0 spiro atoms. The summed E-state index contributed by atoms with van der Waals surface area (Å²) < 4.78 is 0.741. The second kappa shape index (κ2) is 5.45. The fraction of sp³-hybridized carbons (Fsp3) is 0.133. The van der Waals surface area contributed by atoms with E-state index in [1.807, 2.05) is 31.2 Å². The van der Waals surface area contributed by atoms with Gasteiger partial charge >= 0.3 is 0 Å². The van der Waals surface area contributed by atoms with Gasteiger partial charge in [0.15, 0.2) is 0 Å². The Balaban J connectivity index is 2.33. The summed E-state index contributed by atoms with van der Waals surface area (Å²) >= 11 is 3.38. The van der Waals surface area contributed by atoms with E-state index >= 15 is 0 Å². The fourth-order valence-corrected chi connectivity index (χ4v) is 2.19. The van der Waals surface area contributed by atoms with Gasteiger partial charge in [-0.05, 0) is 53.2 Å². The van der Waals surface area contributed by atoms with Crippen LogP contribution in [0.3, 0.4) is 0 Å². The summed E-state index contributed by atoms with van der Waals surface area (Å²) in [6, 6.07) is 13.0. The minimum absolute atomic E-state index is 0.0944. The van der Waals surface area contributed by atoms with Gasteiger partial charge in [0.2, 0.25) is 0 Å². The number of aryl methyl sites for hydroxylation is 1. The Hall–Kier alpha value is -1.81. The zero-order chi connectivity index (χ0) is 14.0. The van der Waals surface area contributed by atoms with Gasteiger partial charge in [-0.1, -0.05) is 17.7 Å². The van der Waals surface area contributed by atoms with Crippen molar-refractivity contribution in [2.75, 3.05) is 17.7 Å². The number of hydrogen-bond donors (Lipinski definition) is 1. The van der Waals surface area contributed by atoms with E-state index in [0.717, 1.165) is 15.7 Å². The quantitative estimate of drug-likeness (QED) is 0.860. The zero-order valence-corrected chi connectivity index (χ0v) is 12.4. The van der Waals surface area contributed by atoms with Gasteiger partial charge in [-0.15, -0.1) is 0 Å². The van der Waals surface area contributed by atoms with Gasteiger partial charge in [0, 0.05) is 22.9 Å². The molecule has 2 N–H and O–H groups in total. The van der Waals surface area contributed by atoms with Crippen LogP contribution in [-0.2, 0) is 0 Å². The van der Waals surface area contributed by atoms with Crippen LogP contribution in [0, 0.1) is 6.92 Å². The van der Waals surface area contributed by atoms with E-state index in [4.69, 9.17) is 5.73 Å². The van der Waals surface area contributed by atoms with Crippen LogP contribution in [0.4, 0.5) is 11.4 Å². The van der Waals surface area contributed by atoms with Crippen LogP contribution in [0.25, 0.3) is 0 Å². The van der Waals surface area contributed by atoms with Gasteiger partial charge in [-0.3, -0.25) is 4.79 Å². The molecule has 0 atom stereocenters. The molecule has 2 rings (SSSR count). The van der Waals surface area contributed by atoms with E-state index in [1.54, 1.807) is 30.1 Å². The predicted octanol–water partition coefficient (Wildman–Crippen LogP) is 3.62. The molecule has 2 aromatic rings. The first-order valence-corrected chi connectivity index (χ1v) is 6.68. The van der Waals surface area contributed by atoms with E-state index in [9.17, 15) is 4.79 Å². The topological polar surface area (TPSA) is 46.3 Å². The number of halogens is 1. The molecule has 4 heteroatoms. The highest BCUT2D eigenvalue weighted by Crippen LogP contribution is 2.23. The highest BCUT2D eigenvalue weighted by Gasteiger charge is 2.16. The van der Waals surface area contributed by atoms with Crippen LogP contribution in [0.2, 0.25) is 0 Å². The van der Waals surface area contributed by atoms with Crippen LogP contribution >= 0.6 is 15.9 Å². The molecule has 0 heterocycles. The minimum Gasteiger partial charge on any atom is -0.399 e. The van der Waals surface area contributed by atoms with E-state index in [1.165, 1.54) is 0 Å². The maximum Gasteiger partial charge on any atom is 0.259 e. The van der Waals surface area contributed by atoms with Crippen molar-refractivity contribution in [3.8, 4) is 0 Å². The highest BCUT2D eigenvalue weighted by atomic mass is 79.9. The molecule has 3 nitrogen and oxygen atoms in total. The maximum absolute atomic E-state index is 12.4. The molecule has 0 radical (unpaired) electrons. The molecule has 0 saturated carbocycles. The second-order valence-corrected chi connectivity index (χ2v) is 5.29. The van der Waals surface area contributed by atoms with Crippen molar-refractivity contribution in [3.05, 3.63) is 58.1 Å². The SMILES string of the molecule is Cc1ccc(N(C)C(=O)c2cc(N)ccc2Br)cc1. The third-order valence-electron chi connectivity index (χ3n) is 2.95. The summed E-state index contributed by atoms with van der Waals surface area (Å²) in [5, 5.41) is 0. The van der Waals surface area contributed by atoms with Crippen molar-refractivity contribution in [3.63, 3.8) is 0 Å². The number of anilines is 2. The van der Waals surface area contributed by atoms with Gasteiger partial charge in [0.1, 0.15) is 0 Å². The van der Waals surface area contributed by atoms with E-state index in [0.29, 0.717) is 11.3 Å². The Bertz CT molecular complexity index is 608. The van der Waals surface area contributed by atoms with Gasteiger partial charge in [0.25, 0.3) is 5.91 Å². The monoisotopic (exact) mass is 318 g/mol. The Kier molecular flexibility index (Phi) is 3.90. The number of hydrogen-bond acceptors (Lipinski definition) is 2. The second-order valence-electron chi connectivity index (χ2n) is 4.44. The van der Waals surface area contributed by atoms with Crippen molar-refractivity contribution in [2.45, 2.75) is 6.92 Å². The normalized spacial score (nSPS) is 10.3. The summed E-state index contributed by atoms with van der Waals surface area (Å²) in [5.41, 5.74) is 8.88. The molecular formula is C15H15BrN2O. The minimum atomic E-state index is -0.0944. The lowest BCUT2D eigenvalue weighted by Gasteiger charge is -2.18. The van der Waals surface area contributed by atoms with Crippen molar-refractivity contribution in [2.24, 2.45) is 0 Å². The largest absolute Gasteiger partial charge is 0.399 e. The summed E-state index contributed by atoms with van der Waals surface area (Å²) in [4.78, 5) is 14.1. The predicted molar refractivity (Wildman–Crippen MR) is 82.5 cm³/mol. The van der Waals surface area contributed by atoms with Crippen molar-refractivity contribution in [1.82, 2.24) is 0 Å². The van der Waals surface area contributed by atoms with E-state index < -0.39 is 0 Å². The van der Waals surface area contributed by atoms with Gasteiger partial charge in [-0.2, -0.15) is 0 Å². The number of amides is 1. The number of benzene rings is 2. The summed E-state index contributed by atoms with van der Waals surface area (Å²) in [7, 11) is 1.75. The Morgan fingerprint density at radius 3 is 2.42 bits per heavy atom. The number of nitrogens with zero attached hydrogens (tertiary/aromatic N) is 1. The number of nitrogen functional groups attached to an aromatic ring is 1. The number of nitrogens with two attached hydrogens (primary N) is 1. The molecular weight excluding hydrogens is 304 g/mol. The number of carbonyl (C=O) groups is 1. The molecule has 0 unspecified atom stereocenters. The Labute approximate surface area is 121 Å². The molecule has 0 aliphatic heterocycles. The third-order valence-corrected chi connectivity index (χ3v) is 3.64. The van der Waals surface area contributed by atoms with E-state index in [-0.39, 0.29) is 5.91 Å².